The highest BCUT2D eigenvalue weighted by molar-refractivity contribution is 9.09. The molecule has 0 aliphatic carbocycles. The van der Waals surface area contributed by atoms with Crippen molar-refractivity contribution in [1.82, 2.24) is 0 Å². The molecular weight excluding hydrogens is 302 g/mol. The molecule has 1 aromatic carbocycles. The predicted molar refractivity (Wildman–Crippen MR) is 73.8 cm³/mol. The number of hydrogen-bond donors (Lipinski definition) is 1. The van der Waals surface area contributed by atoms with E-state index in [9.17, 15) is 8.42 Å². The van der Waals surface area contributed by atoms with Gasteiger partial charge in [-0.1, -0.05) is 54.9 Å². The van der Waals surface area contributed by atoms with E-state index < -0.39 is 10.0 Å². The number of primary sulfonamides is 1. The van der Waals surface area contributed by atoms with Crippen molar-refractivity contribution in [3.05, 3.63) is 29.8 Å². The Kier molecular flexibility index (Phi) is 4.75. The smallest absolute Gasteiger partial charge is 0.225 e. The fourth-order valence-corrected chi connectivity index (χ4v) is 3.85. The molecule has 17 heavy (non-hydrogen) atoms. The van der Waals surface area contributed by atoms with Crippen molar-refractivity contribution >= 4 is 26.0 Å². The number of sulfonamides is 1. The third-order valence-corrected chi connectivity index (χ3v) is 4.35. The third-order valence-electron chi connectivity index (χ3n) is 2.80. The summed E-state index contributed by atoms with van der Waals surface area (Å²) in [6.45, 7) is 6.16. The Morgan fingerprint density at radius 2 is 1.71 bits per heavy atom. The number of halogens is 1. The molecule has 1 rings (SSSR count). The summed E-state index contributed by atoms with van der Waals surface area (Å²) in [6.07, 6.45) is 0. The van der Waals surface area contributed by atoms with E-state index in [0.29, 0.717) is 5.92 Å². The average Bonchev–Trinajstić information content (AvgIpc) is 2.15. The van der Waals surface area contributed by atoms with E-state index in [2.05, 4.69) is 29.8 Å². The standard InChI is InChI=1S/C12H18BrNO2S/c1-8(2)12(9(3)13)10-6-4-5-7-11(10)17(14,15)16/h4-9,12H,1-3H3,(H2,14,15,16). The first-order valence-electron chi connectivity index (χ1n) is 5.51. The van der Waals surface area contributed by atoms with Crippen LogP contribution in [0.4, 0.5) is 0 Å². The van der Waals surface area contributed by atoms with E-state index in [1.54, 1.807) is 12.1 Å². The zero-order valence-corrected chi connectivity index (χ0v) is 12.6. The molecule has 0 amide bonds. The van der Waals surface area contributed by atoms with Crippen molar-refractivity contribution in [2.75, 3.05) is 0 Å². The van der Waals surface area contributed by atoms with Gasteiger partial charge in [-0.15, -0.1) is 0 Å². The van der Waals surface area contributed by atoms with Crippen LogP contribution in [0.3, 0.4) is 0 Å². The van der Waals surface area contributed by atoms with Crippen molar-refractivity contribution in [1.29, 1.82) is 0 Å². The molecule has 2 unspecified atom stereocenters. The molecule has 5 heteroatoms. The molecule has 3 nitrogen and oxygen atoms in total. The fraction of sp³-hybridized carbons (Fsp3) is 0.500. The SMILES string of the molecule is CC(C)C(c1ccccc1S(N)(=O)=O)C(C)Br. The van der Waals surface area contributed by atoms with Crippen molar-refractivity contribution in [3.8, 4) is 0 Å². The summed E-state index contributed by atoms with van der Waals surface area (Å²) in [7, 11) is -3.67. The zero-order valence-electron chi connectivity index (χ0n) is 10.2. The van der Waals surface area contributed by atoms with Gasteiger partial charge in [-0.25, -0.2) is 13.6 Å². The first kappa shape index (κ1) is 14.7. The molecule has 0 aliphatic rings. The van der Waals surface area contributed by atoms with Gasteiger partial charge in [0.1, 0.15) is 0 Å². The molecule has 2 atom stereocenters. The highest BCUT2D eigenvalue weighted by Gasteiger charge is 2.26. The maximum Gasteiger partial charge on any atom is 0.238 e. The number of rotatable bonds is 4. The van der Waals surface area contributed by atoms with E-state index in [1.165, 1.54) is 0 Å². The summed E-state index contributed by atoms with van der Waals surface area (Å²) in [6, 6.07) is 6.94. The van der Waals surface area contributed by atoms with Gasteiger partial charge in [-0.05, 0) is 23.5 Å². The molecule has 0 saturated heterocycles. The Bertz CT molecular complexity index is 475. The van der Waals surface area contributed by atoms with Gasteiger partial charge in [0.05, 0.1) is 4.90 Å². The van der Waals surface area contributed by atoms with Gasteiger partial charge in [0.15, 0.2) is 0 Å². The van der Waals surface area contributed by atoms with Crippen molar-refractivity contribution in [3.63, 3.8) is 0 Å². The summed E-state index contributed by atoms with van der Waals surface area (Å²) in [4.78, 5) is 0.412. The second-order valence-electron chi connectivity index (χ2n) is 4.53. The van der Waals surface area contributed by atoms with Gasteiger partial charge >= 0.3 is 0 Å². The van der Waals surface area contributed by atoms with Crippen LogP contribution in [-0.2, 0) is 10.0 Å². The Balaban J connectivity index is 3.39. The Morgan fingerprint density at radius 1 is 1.18 bits per heavy atom. The van der Waals surface area contributed by atoms with Gasteiger partial charge in [0.2, 0.25) is 10.0 Å². The first-order chi connectivity index (χ1) is 7.75. The molecule has 0 aliphatic heterocycles. The summed E-state index contributed by atoms with van der Waals surface area (Å²) < 4.78 is 23.1. The quantitative estimate of drug-likeness (QED) is 0.867. The molecule has 1 aromatic rings. The minimum absolute atomic E-state index is 0.115. The van der Waals surface area contributed by atoms with E-state index in [1.807, 2.05) is 19.1 Å². The largest absolute Gasteiger partial charge is 0.238 e. The Hall–Kier alpha value is -0.390. The van der Waals surface area contributed by atoms with Crippen LogP contribution in [0.2, 0.25) is 0 Å². The lowest BCUT2D eigenvalue weighted by Gasteiger charge is -2.25. The Morgan fingerprint density at radius 3 is 2.12 bits per heavy atom. The van der Waals surface area contributed by atoms with E-state index in [0.717, 1.165) is 5.56 Å². The lowest BCUT2D eigenvalue weighted by Crippen LogP contribution is -2.21. The van der Waals surface area contributed by atoms with E-state index in [-0.39, 0.29) is 15.6 Å². The van der Waals surface area contributed by atoms with Gasteiger partial charge in [-0.2, -0.15) is 0 Å². The van der Waals surface area contributed by atoms with Gasteiger partial charge < -0.3 is 0 Å². The molecular formula is C12H18BrNO2S. The molecule has 96 valence electrons. The summed E-state index contributed by atoms with van der Waals surface area (Å²) in [5, 5.41) is 5.25. The number of benzene rings is 1. The maximum atomic E-state index is 11.6. The minimum Gasteiger partial charge on any atom is -0.225 e. The normalized spacial score (nSPS) is 15.9. The maximum absolute atomic E-state index is 11.6. The van der Waals surface area contributed by atoms with Crippen LogP contribution in [0.25, 0.3) is 0 Å². The molecule has 0 aromatic heterocycles. The number of hydrogen-bond acceptors (Lipinski definition) is 2. The lowest BCUT2D eigenvalue weighted by molar-refractivity contribution is 0.490. The monoisotopic (exact) mass is 319 g/mol. The number of alkyl halides is 1. The third kappa shape index (κ3) is 3.53. The average molecular weight is 320 g/mol. The second kappa shape index (κ2) is 5.50. The van der Waals surface area contributed by atoms with Crippen LogP contribution < -0.4 is 5.14 Å². The minimum atomic E-state index is -3.67. The fourth-order valence-electron chi connectivity index (χ4n) is 2.15. The molecule has 0 fully saturated rings. The van der Waals surface area contributed by atoms with Crippen LogP contribution in [0, 0.1) is 5.92 Å². The van der Waals surface area contributed by atoms with Crippen molar-refractivity contribution in [2.45, 2.75) is 36.4 Å². The molecule has 0 spiro atoms. The van der Waals surface area contributed by atoms with E-state index >= 15 is 0 Å². The summed E-state index contributed by atoms with van der Waals surface area (Å²) in [5.74, 6) is 0.441. The van der Waals surface area contributed by atoms with Crippen LogP contribution in [0.5, 0.6) is 0 Å². The summed E-state index contributed by atoms with van der Waals surface area (Å²) >= 11 is 3.54. The van der Waals surface area contributed by atoms with Gasteiger partial charge in [0, 0.05) is 4.83 Å². The highest BCUT2D eigenvalue weighted by Crippen LogP contribution is 2.35. The lowest BCUT2D eigenvalue weighted by atomic mass is 9.86. The van der Waals surface area contributed by atoms with Crippen molar-refractivity contribution < 1.29 is 8.42 Å². The molecule has 0 saturated carbocycles. The molecule has 2 N–H and O–H groups in total. The highest BCUT2D eigenvalue weighted by atomic mass is 79.9. The van der Waals surface area contributed by atoms with Crippen molar-refractivity contribution in [2.24, 2.45) is 11.1 Å². The first-order valence-corrected chi connectivity index (χ1v) is 7.97. The van der Waals surface area contributed by atoms with Gasteiger partial charge in [0.25, 0.3) is 0 Å². The zero-order chi connectivity index (χ0) is 13.2. The molecule has 0 heterocycles. The number of nitrogens with two attached hydrogens (primary N) is 1. The molecule has 0 bridgehead atoms. The van der Waals surface area contributed by atoms with Crippen LogP contribution >= 0.6 is 15.9 Å². The van der Waals surface area contributed by atoms with Gasteiger partial charge in [-0.3, -0.25) is 0 Å². The molecule has 0 radical (unpaired) electrons. The summed E-state index contributed by atoms with van der Waals surface area (Å²) in [5.41, 5.74) is 0.786. The second-order valence-corrected chi connectivity index (χ2v) is 7.50. The topological polar surface area (TPSA) is 60.2 Å². The van der Waals surface area contributed by atoms with Crippen LogP contribution in [0.1, 0.15) is 32.3 Å². The van der Waals surface area contributed by atoms with Crippen LogP contribution in [-0.4, -0.2) is 13.2 Å². The van der Waals surface area contributed by atoms with Crippen LogP contribution in [0.15, 0.2) is 29.2 Å². The van der Waals surface area contributed by atoms with E-state index in [4.69, 9.17) is 5.14 Å². The Labute approximate surface area is 112 Å². The predicted octanol–water partition coefficient (Wildman–Crippen LogP) is 2.86.